The van der Waals surface area contributed by atoms with Gasteiger partial charge in [0.25, 0.3) is 5.91 Å². The number of nitrogens with zero attached hydrogens (tertiary/aromatic N) is 2. The predicted molar refractivity (Wildman–Crippen MR) is 88.6 cm³/mol. The fourth-order valence-corrected chi connectivity index (χ4v) is 3.73. The first kappa shape index (κ1) is 16.0. The van der Waals surface area contributed by atoms with Crippen LogP contribution in [0.2, 0.25) is 0 Å². The van der Waals surface area contributed by atoms with E-state index in [0.717, 1.165) is 25.1 Å². The van der Waals surface area contributed by atoms with E-state index in [1.807, 2.05) is 37.3 Å². The number of benzene rings is 1. The number of rotatable bonds is 4. The van der Waals surface area contributed by atoms with Crippen molar-refractivity contribution in [1.82, 2.24) is 15.1 Å². The van der Waals surface area contributed by atoms with Crippen molar-refractivity contribution >= 4 is 11.9 Å². The van der Waals surface area contributed by atoms with Gasteiger partial charge < -0.3 is 5.32 Å². The Balaban J connectivity index is 1.81. The zero-order valence-corrected chi connectivity index (χ0v) is 13.9. The van der Waals surface area contributed by atoms with Gasteiger partial charge in [0, 0.05) is 6.54 Å². The molecule has 124 valence electrons. The third-order valence-electron chi connectivity index (χ3n) is 5.06. The average molecular weight is 315 g/mol. The predicted octanol–water partition coefficient (Wildman–Crippen LogP) is 2.53. The Labute approximate surface area is 137 Å². The maximum atomic E-state index is 13.0. The van der Waals surface area contributed by atoms with Gasteiger partial charge in [0.1, 0.15) is 5.54 Å². The van der Waals surface area contributed by atoms with E-state index >= 15 is 0 Å². The number of carbonyl (C=O) groups is 2. The average Bonchev–Trinajstić information content (AvgIpc) is 2.81. The normalized spacial score (nSPS) is 29.0. The van der Waals surface area contributed by atoms with Gasteiger partial charge in [-0.05, 0) is 37.3 Å². The number of imide groups is 1. The number of hydrogen-bond donors (Lipinski definition) is 1. The molecule has 0 radical (unpaired) electrons. The maximum absolute atomic E-state index is 13.0. The van der Waals surface area contributed by atoms with Crippen LogP contribution in [0.4, 0.5) is 4.79 Å². The highest BCUT2D eigenvalue weighted by Crippen LogP contribution is 2.32. The summed E-state index contributed by atoms with van der Waals surface area (Å²) >= 11 is 0. The molecule has 0 aliphatic carbocycles. The van der Waals surface area contributed by atoms with Gasteiger partial charge in [0.15, 0.2) is 0 Å². The first-order valence-corrected chi connectivity index (χ1v) is 8.49. The minimum Gasteiger partial charge on any atom is -0.319 e. The first-order chi connectivity index (χ1) is 11.1. The van der Waals surface area contributed by atoms with Gasteiger partial charge >= 0.3 is 6.03 Å². The number of carbonyl (C=O) groups excluding carboxylic acids is 2. The lowest BCUT2D eigenvalue weighted by molar-refractivity contribution is -0.133. The van der Waals surface area contributed by atoms with Gasteiger partial charge in [-0.2, -0.15) is 0 Å². The summed E-state index contributed by atoms with van der Waals surface area (Å²) in [6.07, 6.45) is 2.90. The van der Waals surface area contributed by atoms with Crippen molar-refractivity contribution in [3.05, 3.63) is 35.9 Å². The minimum atomic E-state index is -0.917. The van der Waals surface area contributed by atoms with E-state index in [4.69, 9.17) is 0 Å². The van der Waals surface area contributed by atoms with Crippen molar-refractivity contribution in [1.29, 1.82) is 0 Å². The van der Waals surface area contributed by atoms with Crippen LogP contribution in [0.5, 0.6) is 0 Å². The third kappa shape index (κ3) is 2.85. The van der Waals surface area contributed by atoms with E-state index in [2.05, 4.69) is 17.1 Å². The summed E-state index contributed by atoms with van der Waals surface area (Å²) in [4.78, 5) is 29.1. The number of urea groups is 1. The van der Waals surface area contributed by atoms with Crippen LogP contribution in [0.25, 0.3) is 0 Å². The Morgan fingerprint density at radius 2 is 2.00 bits per heavy atom. The highest BCUT2D eigenvalue weighted by atomic mass is 16.2. The molecule has 2 saturated heterocycles. The fourth-order valence-electron chi connectivity index (χ4n) is 3.73. The smallest absolute Gasteiger partial charge is 0.319 e. The zero-order valence-electron chi connectivity index (χ0n) is 13.9. The van der Waals surface area contributed by atoms with E-state index in [9.17, 15) is 9.59 Å². The highest BCUT2D eigenvalue weighted by molar-refractivity contribution is 6.07. The van der Waals surface area contributed by atoms with Gasteiger partial charge in [-0.15, -0.1) is 0 Å². The number of hydrogen-bond acceptors (Lipinski definition) is 3. The first-order valence-electron chi connectivity index (χ1n) is 8.49. The number of piperidine rings is 1. The molecule has 3 amide bonds. The topological polar surface area (TPSA) is 52.7 Å². The molecule has 2 atom stereocenters. The molecule has 1 N–H and O–H groups in total. The summed E-state index contributed by atoms with van der Waals surface area (Å²) < 4.78 is 0. The third-order valence-corrected chi connectivity index (χ3v) is 5.06. The molecule has 0 bridgehead atoms. The molecular formula is C18H25N3O2. The molecule has 0 saturated carbocycles. The van der Waals surface area contributed by atoms with Crippen LogP contribution in [-0.4, -0.2) is 41.5 Å². The summed E-state index contributed by atoms with van der Waals surface area (Å²) in [5.74, 6) is 0.490. The zero-order chi connectivity index (χ0) is 16.4. The van der Waals surface area contributed by atoms with Crippen molar-refractivity contribution in [3.8, 4) is 0 Å². The highest BCUT2D eigenvalue weighted by Gasteiger charge is 2.51. The molecule has 1 aromatic rings. The lowest BCUT2D eigenvalue weighted by atomic mass is 9.87. The largest absolute Gasteiger partial charge is 0.326 e. The Morgan fingerprint density at radius 1 is 1.26 bits per heavy atom. The van der Waals surface area contributed by atoms with Gasteiger partial charge in [0.2, 0.25) is 0 Å². The second-order valence-corrected chi connectivity index (χ2v) is 6.75. The van der Waals surface area contributed by atoms with Crippen LogP contribution in [-0.2, 0) is 10.3 Å². The molecule has 2 aliphatic rings. The molecule has 2 aliphatic heterocycles. The molecule has 2 heterocycles. The Bertz CT molecular complexity index is 589. The van der Waals surface area contributed by atoms with Crippen LogP contribution in [0.3, 0.4) is 0 Å². The van der Waals surface area contributed by atoms with Crippen molar-refractivity contribution in [2.75, 3.05) is 19.8 Å². The van der Waals surface area contributed by atoms with Crippen LogP contribution in [0.15, 0.2) is 30.3 Å². The molecule has 0 spiro atoms. The molecule has 2 unspecified atom stereocenters. The van der Waals surface area contributed by atoms with Crippen molar-refractivity contribution < 1.29 is 9.59 Å². The van der Waals surface area contributed by atoms with Crippen molar-refractivity contribution in [3.63, 3.8) is 0 Å². The summed E-state index contributed by atoms with van der Waals surface area (Å²) in [5, 5.41) is 2.94. The van der Waals surface area contributed by atoms with Gasteiger partial charge in [-0.1, -0.05) is 44.2 Å². The Morgan fingerprint density at radius 3 is 2.65 bits per heavy atom. The number of amides is 3. The lowest BCUT2D eigenvalue weighted by Crippen LogP contribution is -2.47. The SMILES string of the molecule is CCC1(c2ccccc2)NC(=O)N(CN2CCCC(C)C2)C1=O. The minimum absolute atomic E-state index is 0.130. The lowest BCUT2D eigenvalue weighted by Gasteiger charge is -2.33. The van der Waals surface area contributed by atoms with Crippen LogP contribution in [0, 0.1) is 5.92 Å². The van der Waals surface area contributed by atoms with E-state index in [-0.39, 0.29) is 11.9 Å². The monoisotopic (exact) mass is 315 g/mol. The fraction of sp³-hybridized carbons (Fsp3) is 0.556. The summed E-state index contributed by atoms with van der Waals surface area (Å²) in [6.45, 7) is 6.45. The number of likely N-dealkylation sites (tertiary alicyclic amines) is 1. The molecule has 23 heavy (non-hydrogen) atoms. The van der Waals surface area contributed by atoms with E-state index < -0.39 is 5.54 Å². The van der Waals surface area contributed by atoms with E-state index in [1.165, 1.54) is 11.3 Å². The van der Waals surface area contributed by atoms with Gasteiger partial charge in [0.05, 0.1) is 6.67 Å². The van der Waals surface area contributed by atoms with Gasteiger partial charge in [-0.25, -0.2) is 9.69 Å². The Kier molecular flexibility index (Phi) is 4.39. The maximum Gasteiger partial charge on any atom is 0.326 e. The Hall–Kier alpha value is -1.88. The second-order valence-electron chi connectivity index (χ2n) is 6.75. The molecule has 2 fully saturated rings. The molecule has 5 nitrogen and oxygen atoms in total. The van der Waals surface area contributed by atoms with E-state index in [1.54, 1.807) is 0 Å². The van der Waals surface area contributed by atoms with Crippen molar-refractivity contribution in [2.24, 2.45) is 5.92 Å². The summed E-state index contributed by atoms with van der Waals surface area (Å²) in [7, 11) is 0. The van der Waals surface area contributed by atoms with Crippen LogP contribution < -0.4 is 5.32 Å². The quantitative estimate of drug-likeness (QED) is 0.869. The molecule has 5 heteroatoms. The standard InChI is InChI=1S/C18H25N3O2/c1-3-18(15-9-5-4-6-10-15)16(22)21(17(23)19-18)13-20-11-7-8-14(2)12-20/h4-6,9-10,14H,3,7-8,11-13H2,1-2H3,(H,19,23). The number of nitrogens with one attached hydrogen (secondary N) is 1. The summed E-state index contributed by atoms with van der Waals surface area (Å²) in [6, 6.07) is 9.27. The van der Waals surface area contributed by atoms with Crippen LogP contribution in [0.1, 0.15) is 38.7 Å². The molecule has 0 aromatic heterocycles. The van der Waals surface area contributed by atoms with Gasteiger partial charge in [-0.3, -0.25) is 9.69 Å². The summed E-state index contributed by atoms with van der Waals surface area (Å²) in [5.41, 5.74) is -0.0601. The van der Waals surface area contributed by atoms with E-state index in [0.29, 0.717) is 19.0 Å². The van der Waals surface area contributed by atoms with Crippen LogP contribution >= 0.6 is 0 Å². The van der Waals surface area contributed by atoms with Crippen molar-refractivity contribution in [2.45, 2.75) is 38.6 Å². The second kappa shape index (κ2) is 6.32. The molecule has 3 rings (SSSR count). The molecular weight excluding hydrogens is 290 g/mol. The molecule has 1 aromatic carbocycles.